The van der Waals surface area contributed by atoms with Crippen LogP contribution in [0, 0.1) is 0 Å². The third-order valence-electron chi connectivity index (χ3n) is 1.92. The van der Waals surface area contributed by atoms with E-state index in [1.807, 2.05) is 24.4 Å². The molecule has 0 aliphatic heterocycles. The van der Waals surface area contributed by atoms with Crippen molar-refractivity contribution in [3.05, 3.63) is 24.4 Å². The number of ether oxygens (including phenoxy) is 1. The molecule has 0 saturated carbocycles. The number of fused-ring (bicyclic) bond motifs is 1. The lowest BCUT2D eigenvalue weighted by Gasteiger charge is -2.04. The minimum absolute atomic E-state index is 0.671. The monoisotopic (exact) mass is 162 g/mol. The average Bonchev–Trinajstić information content (AvgIpc) is 2.52. The van der Waals surface area contributed by atoms with Crippen molar-refractivity contribution in [2.75, 3.05) is 12.8 Å². The second kappa shape index (κ2) is 2.44. The first-order valence-electron chi connectivity index (χ1n) is 3.72. The van der Waals surface area contributed by atoms with Gasteiger partial charge in [0, 0.05) is 17.1 Å². The molecular weight excluding hydrogens is 152 g/mol. The Bertz CT molecular complexity index is 406. The van der Waals surface area contributed by atoms with E-state index >= 15 is 0 Å². The zero-order chi connectivity index (χ0) is 8.55. The molecule has 12 heavy (non-hydrogen) atoms. The van der Waals surface area contributed by atoms with E-state index in [1.54, 1.807) is 7.11 Å². The number of nitrogens with one attached hydrogen (secondary N) is 1. The molecule has 3 N–H and O–H groups in total. The van der Waals surface area contributed by atoms with E-state index in [1.165, 1.54) is 0 Å². The molecule has 2 rings (SSSR count). The van der Waals surface area contributed by atoms with Gasteiger partial charge >= 0.3 is 0 Å². The maximum Gasteiger partial charge on any atom is 0.151 e. The number of hydrogen-bond donors (Lipinski definition) is 2. The molecule has 1 aromatic heterocycles. The molecule has 3 heteroatoms. The fraction of sp³-hybridized carbons (Fsp3) is 0.111. The summed E-state index contributed by atoms with van der Waals surface area (Å²) in [6.45, 7) is 0. The molecular formula is C9H10N2O. The summed E-state index contributed by atoms with van der Waals surface area (Å²) in [7, 11) is 1.62. The molecule has 0 amide bonds. The number of methoxy groups -OCH3 is 1. The third kappa shape index (κ3) is 0.830. The molecule has 0 fully saturated rings. The van der Waals surface area contributed by atoms with Gasteiger partial charge < -0.3 is 15.5 Å². The quantitative estimate of drug-likeness (QED) is 0.628. The number of benzene rings is 1. The van der Waals surface area contributed by atoms with Gasteiger partial charge in [0.15, 0.2) is 5.75 Å². The maximum absolute atomic E-state index is 5.72. The Morgan fingerprint density at radius 3 is 2.92 bits per heavy atom. The number of nitrogens with two attached hydrogens (primary N) is 1. The van der Waals surface area contributed by atoms with E-state index in [0.717, 1.165) is 16.7 Å². The Hall–Kier alpha value is -1.64. The van der Waals surface area contributed by atoms with Crippen molar-refractivity contribution in [2.24, 2.45) is 0 Å². The number of nitrogen functional groups attached to an aromatic ring is 1. The molecule has 0 spiro atoms. The van der Waals surface area contributed by atoms with Gasteiger partial charge in [-0.25, -0.2) is 0 Å². The van der Waals surface area contributed by atoms with Gasteiger partial charge in [-0.05, 0) is 18.2 Å². The van der Waals surface area contributed by atoms with Gasteiger partial charge in [0.25, 0.3) is 0 Å². The molecule has 3 nitrogen and oxygen atoms in total. The van der Waals surface area contributed by atoms with Gasteiger partial charge in [0.2, 0.25) is 0 Å². The molecule has 2 aromatic rings. The highest BCUT2D eigenvalue weighted by Crippen LogP contribution is 2.30. The fourth-order valence-corrected chi connectivity index (χ4v) is 1.35. The van der Waals surface area contributed by atoms with Gasteiger partial charge in [-0.3, -0.25) is 0 Å². The summed E-state index contributed by atoms with van der Waals surface area (Å²) >= 11 is 0. The molecule has 0 aliphatic rings. The molecule has 0 aliphatic carbocycles. The Kier molecular flexibility index (Phi) is 1.43. The van der Waals surface area contributed by atoms with Crippen LogP contribution < -0.4 is 10.5 Å². The zero-order valence-electron chi connectivity index (χ0n) is 6.79. The van der Waals surface area contributed by atoms with Crippen molar-refractivity contribution in [2.45, 2.75) is 0 Å². The summed E-state index contributed by atoms with van der Waals surface area (Å²) < 4.78 is 5.17. The molecule has 62 valence electrons. The standard InChI is InChI=1S/C9H10N2O/c1-12-9-6-4-5-11-8(6)3-2-7(9)10/h2-5,11H,10H2,1H3. The van der Waals surface area contributed by atoms with Crippen molar-refractivity contribution in [3.8, 4) is 5.75 Å². The van der Waals surface area contributed by atoms with Crippen LogP contribution in [0.25, 0.3) is 10.9 Å². The molecule has 0 unspecified atom stereocenters. The van der Waals surface area contributed by atoms with Crippen LogP contribution in [0.4, 0.5) is 5.69 Å². The number of aromatic amines is 1. The lowest BCUT2D eigenvalue weighted by atomic mass is 10.2. The van der Waals surface area contributed by atoms with Crippen LogP contribution in [-0.2, 0) is 0 Å². The van der Waals surface area contributed by atoms with Crippen LogP contribution in [0.1, 0.15) is 0 Å². The highest BCUT2D eigenvalue weighted by atomic mass is 16.5. The number of aromatic nitrogens is 1. The smallest absolute Gasteiger partial charge is 0.151 e. The summed E-state index contributed by atoms with van der Waals surface area (Å²) in [6.07, 6.45) is 1.87. The molecule has 0 bridgehead atoms. The van der Waals surface area contributed by atoms with Crippen molar-refractivity contribution in [1.29, 1.82) is 0 Å². The van der Waals surface area contributed by atoms with E-state index in [9.17, 15) is 0 Å². The summed E-state index contributed by atoms with van der Waals surface area (Å²) in [5.74, 6) is 0.744. The van der Waals surface area contributed by atoms with Crippen LogP contribution >= 0.6 is 0 Å². The Balaban J connectivity index is 2.83. The number of rotatable bonds is 1. The first-order chi connectivity index (χ1) is 5.83. The van der Waals surface area contributed by atoms with Crippen LogP contribution in [0.15, 0.2) is 24.4 Å². The lowest BCUT2D eigenvalue weighted by Crippen LogP contribution is -1.91. The highest BCUT2D eigenvalue weighted by Gasteiger charge is 2.04. The highest BCUT2D eigenvalue weighted by molar-refractivity contribution is 5.90. The summed E-state index contributed by atoms with van der Waals surface area (Å²) in [5, 5.41) is 1.03. The molecule has 1 aromatic carbocycles. The first kappa shape index (κ1) is 7.03. The van der Waals surface area contributed by atoms with Crippen molar-refractivity contribution in [3.63, 3.8) is 0 Å². The summed E-state index contributed by atoms with van der Waals surface area (Å²) in [5.41, 5.74) is 7.43. The Morgan fingerprint density at radius 2 is 2.17 bits per heavy atom. The summed E-state index contributed by atoms with van der Waals surface area (Å²) in [6, 6.07) is 5.72. The SMILES string of the molecule is COc1c(N)ccc2[nH]ccc12. The minimum atomic E-state index is 0.671. The van der Waals surface area contributed by atoms with E-state index in [4.69, 9.17) is 10.5 Å². The molecule has 0 atom stereocenters. The van der Waals surface area contributed by atoms with E-state index < -0.39 is 0 Å². The second-order valence-corrected chi connectivity index (χ2v) is 2.63. The van der Waals surface area contributed by atoms with Gasteiger partial charge in [0.05, 0.1) is 12.8 Å². The van der Waals surface area contributed by atoms with Gasteiger partial charge in [-0.15, -0.1) is 0 Å². The Labute approximate surface area is 70.1 Å². The predicted octanol–water partition coefficient (Wildman–Crippen LogP) is 1.76. The second-order valence-electron chi connectivity index (χ2n) is 2.63. The number of hydrogen-bond acceptors (Lipinski definition) is 2. The van der Waals surface area contributed by atoms with E-state index in [2.05, 4.69) is 4.98 Å². The average molecular weight is 162 g/mol. The van der Waals surface area contributed by atoms with Crippen LogP contribution in [0.5, 0.6) is 5.75 Å². The molecule has 1 heterocycles. The normalized spacial score (nSPS) is 10.4. The maximum atomic E-state index is 5.72. The van der Waals surface area contributed by atoms with Gasteiger partial charge in [-0.2, -0.15) is 0 Å². The zero-order valence-corrected chi connectivity index (χ0v) is 6.79. The minimum Gasteiger partial charge on any atom is -0.494 e. The molecule has 0 radical (unpaired) electrons. The van der Waals surface area contributed by atoms with Crippen molar-refractivity contribution < 1.29 is 4.74 Å². The van der Waals surface area contributed by atoms with Crippen LogP contribution in [-0.4, -0.2) is 12.1 Å². The fourth-order valence-electron chi connectivity index (χ4n) is 1.35. The van der Waals surface area contributed by atoms with E-state index in [0.29, 0.717) is 5.69 Å². The lowest BCUT2D eigenvalue weighted by molar-refractivity contribution is 0.422. The first-order valence-corrected chi connectivity index (χ1v) is 3.72. The van der Waals surface area contributed by atoms with Crippen LogP contribution in [0.3, 0.4) is 0 Å². The number of anilines is 1. The molecule has 0 saturated heterocycles. The topological polar surface area (TPSA) is 51.0 Å². The third-order valence-corrected chi connectivity index (χ3v) is 1.92. The largest absolute Gasteiger partial charge is 0.494 e. The van der Waals surface area contributed by atoms with Crippen molar-refractivity contribution >= 4 is 16.6 Å². The van der Waals surface area contributed by atoms with Gasteiger partial charge in [-0.1, -0.05) is 0 Å². The van der Waals surface area contributed by atoms with Gasteiger partial charge in [0.1, 0.15) is 0 Å². The number of H-pyrrole nitrogens is 1. The summed E-state index contributed by atoms with van der Waals surface area (Å²) in [4.78, 5) is 3.09. The predicted molar refractivity (Wildman–Crippen MR) is 49.3 cm³/mol. The van der Waals surface area contributed by atoms with Crippen LogP contribution in [0.2, 0.25) is 0 Å². The van der Waals surface area contributed by atoms with E-state index in [-0.39, 0.29) is 0 Å². The van der Waals surface area contributed by atoms with Crippen molar-refractivity contribution in [1.82, 2.24) is 4.98 Å². The Morgan fingerprint density at radius 1 is 1.33 bits per heavy atom.